The molecule has 1 heterocycles. The van der Waals surface area contributed by atoms with Crippen LogP contribution in [-0.2, 0) is 4.79 Å². The van der Waals surface area contributed by atoms with E-state index in [-0.39, 0.29) is 12.5 Å². The van der Waals surface area contributed by atoms with E-state index in [0.717, 1.165) is 31.8 Å². The SMILES string of the molecule is COc1ccc(-n2c(C)ccc2/C=N\NC(=O)COc2ccc(Br)cc2Br)cc1. The molecule has 0 spiro atoms. The highest BCUT2D eigenvalue weighted by atomic mass is 79.9. The van der Waals surface area contributed by atoms with Gasteiger partial charge >= 0.3 is 0 Å². The summed E-state index contributed by atoms with van der Waals surface area (Å²) >= 11 is 6.77. The largest absolute Gasteiger partial charge is 0.497 e. The first kappa shape index (κ1) is 21.1. The van der Waals surface area contributed by atoms with Crippen molar-refractivity contribution in [2.45, 2.75) is 6.92 Å². The minimum absolute atomic E-state index is 0.143. The van der Waals surface area contributed by atoms with Crippen molar-refractivity contribution in [2.75, 3.05) is 13.7 Å². The molecule has 6 nitrogen and oxygen atoms in total. The minimum Gasteiger partial charge on any atom is -0.497 e. The van der Waals surface area contributed by atoms with Gasteiger partial charge in [-0.2, -0.15) is 5.10 Å². The predicted molar refractivity (Wildman–Crippen MR) is 120 cm³/mol. The smallest absolute Gasteiger partial charge is 0.277 e. The summed E-state index contributed by atoms with van der Waals surface area (Å²) < 4.78 is 14.4. The van der Waals surface area contributed by atoms with E-state index in [4.69, 9.17) is 9.47 Å². The molecule has 0 unspecified atom stereocenters. The number of ether oxygens (including phenoxy) is 2. The Morgan fingerprint density at radius 3 is 2.59 bits per heavy atom. The third-order valence-corrected chi connectivity index (χ3v) is 5.19. The molecule has 1 N–H and O–H groups in total. The molecule has 0 saturated heterocycles. The van der Waals surface area contributed by atoms with E-state index in [0.29, 0.717) is 5.75 Å². The molecule has 0 saturated carbocycles. The number of hydrazone groups is 1. The molecule has 0 aliphatic rings. The van der Waals surface area contributed by atoms with Crippen LogP contribution in [0.1, 0.15) is 11.4 Å². The first-order valence-electron chi connectivity index (χ1n) is 8.70. The van der Waals surface area contributed by atoms with Crippen molar-refractivity contribution in [1.82, 2.24) is 9.99 Å². The van der Waals surface area contributed by atoms with Gasteiger partial charge in [-0.05, 0) is 77.5 Å². The van der Waals surface area contributed by atoms with Crippen molar-refractivity contribution in [3.63, 3.8) is 0 Å². The average Bonchev–Trinajstić information content (AvgIpc) is 3.07. The molecule has 150 valence electrons. The number of aryl methyl sites for hydroxylation is 1. The Bertz CT molecular complexity index is 1030. The van der Waals surface area contributed by atoms with Crippen LogP contribution >= 0.6 is 31.9 Å². The number of hydrogen-bond acceptors (Lipinski definition) is 4. The Balaban J connectivity index is 1.62. The summed E-state index contributed by atoms with van der Waals surface area (Å²) in [5, 5.41) is 4.05. The minimum atomic E-state index is -0.352. The second kappa shape index (κ2) is 9.76. The zero-order chi connectivity index (χ0) is 20.8. The van der Waals surface area contributed by atoms with Crippen LogP contribution in [0.2, 0.25) is 0 Å². The summed E-state index contributed by atoms with van der Waals surface area (Å²) in [6.07, 6.45) is 1.60. The van der Waals surface area contributed by atoms with E-state index in [9.17, 15) is 4.79 Å². The quantitative estimate of drug-likeness (QED) is 0.358. The number of amides is 1. The maximum Gasteiger partial charge on any atom is 0.277 e. The van der Waals surface area contributed by atoms with Crippen LogP contribution < -0.4 is 14.9 Å². The lowest BCUT2D eigenvalue weighted by molar-refractivity contribution is -0.123. The van der Waals surface area contributed by atoms with E-state index in [2.05, 4.69) is 42.4 Å². The Morgan fingerprint density at radius 1 is 1.14 bits per heavy atom. The first-order chi connectivity index (χ1) is 14.0. The van der Waals surface area contributed by atoms with Crippen LogP contribution in [-0.4, -0.2) is 30.4 Å². The molecule has 0 fully saturated rings. The number of nitrogens with one attached hydrogen (secondary N) is 1. The van der Waals surface area contributed by atoms with E-state index in [1.807, 2.05) is 60.0 Å². The van der Waals surface area contributed by atoms with E-state index < -0.39 is 0 Å². The van der Waals surface area contributed by atoms with Gasteiger partial charge in [-0.25, -0.2) is 5.43 Å². The summed E-state index contributed by atoms with van der Waals surface area (Å²) in [5.41, 5.74) is 5.35. The molecule has 29 heavy (non-hydrogen) atoms. The molecule has 3 rings (SSSR count). The predicted octanol–water partition coefficient (Wildman–Crippen LogP) is 4.85. The number of methoxy groups -OCH3 is 1. The number of halogens is 2. The molecule has 2 aromatic carbocycles. The second-order valence-electron chi connectivity index (χ2n) is 6.09. The number of carbonyl (C=O) groups is 1. The van der Waals surface area contributed by atoms with E-state index in [1.54, 1.807) is 19.4 Å². The monoisotopic (exact) mass is 519 g/mol. The number of hydrogen-bond donors (Lipinski definition) is 1. The fraction of sp³-hybridized carbons (Fsp3) is 0.143. The third-order valence-electron chi connectivity index (χ3n) is 4.08. The fourth-order valence-corrected chi connectivity index (χ4v) is 3.84. The lowest BCUT2D eigenvalue weighted by Crippen LogP contribution is -2.24. The third kappa shape index (κ3) is 5.48. The number of nitrogens with zero attached hydrogens (tertiary/aromatic N) is 2. The number of aromatic nitrogens is 1. The summed E-state index contributed by atoms with van der Waals surface area (Å²) in [6.45, 7) is 1.86. The number of carbonyl (C=O) groups excluding carboxylic acids is 1. The zero-order valence-corrected chi connectivity index (χ0v) is 19.0. The standard InChI is InChI=1S/C21H19Br2N3O3/c1-14-3-5-17(26(14)16-6-8-18(28-2)9-7-16)12-24-25-21(27)13-29-20-10-4-15(22)11-19(20)23/h3-12H,13H2,1-2H3,(H,25,27)/b24-12-. The molecule has 8 heteroatoms. The van der Waals surface area contributed by atoms with Crippen LogP contribution in [0.3, 0.4) is 0 Å². The van der Waals surface area contributed by atoms with Gasteiger partial charge in [0.25, 0.3) is 5.91 Å². The lowest BCUT2D eigenvalue weighted by atomic mass is 10.3. The van der Waals surface area contributed by atoms with Gasteiger partial charge in [0.1, 0.15) is 11.5 Å². The molecule has 0 aliphatic heterocycles. The van der Waals surface area contributed by atoms with Gasteiger partial charge in [0, 0.05) is 15.9 Å². The van der Waals surface area contributed by atoms with Gasteiger partial charge in [-0.3, -0.25) is 4.79 Å². The molecular formula is C21H19Br2N3O3. The summed E-state index contributed by atoms with van der Waals surface area (Å²) in [5.74, 6) is 1.02. The molecule has 0 aliphatic carbocycles. The highest BCUT2D eigenvalue weighted by molar-refractivity contribution is 9.11. The highest BCUT2D eigenvalue weighted by Gasteiger charge is 2.08. The van der Waals surface area contributed by atoms with Gasteiger partial charge in [-0.15, -0.1) is 0 Å². The van der Waals surface area contributed by atoms with Gasteiger partial charge < -0.3 is 14.0 Å². The van der Waals surface area contributed by atoms with Crippen molar-refractivity contribution < 1.29 is 14.3 Å². The Hall–Kier alpha value is -2.58. The van der Waals surface area contributed by atoms with Gasteiger partial charge in [0.2, 0.25) is 0 Å². The maximum atomic E-state index is 12.0. The fourth-order valence-electron chi connectivity index (χ4n) is 2.68. The molecule has 1 amide bonds. The Morgan fingerprint density at radius 2 is 1.90 bits per heavy atom. The Labute approximate surface area is 185 Å². The molecule has 0 atom stereocenters. The van der Waals surface area contributed by atoms with Gasteiger partial charge in [0.15, 0.2) is 6.61 Å². The highest BCUT2D eigenvalue weighted by Crippen LogP contribution is 2.28. The van der Waals surface area contributed by atoms with E-state index >= 15 is 0 Å². The average molecular weight is 521 g/mol. The van der Waals surface area contributed by atoms with Crippen LogP contribution in [0.4, 0.5) is 0 Å². The van der Waals surface area contributed by atoms with Crippen molar-refractivity contribution in [1.29, 1.82) is 0 Å². The zero-order valence-electron chi connectivity index (χ0n) is 15.9. The topological polar surface area (TPSA) is 64.8 Å². The molecule has 1 aromatic heterocycles. The number of benzene rings is 2. The van der Waals surface area contributed by atoms with Crippen molar-refractivity contribution in [3.05, 3.63) is 74.9 Å². The second-order valence-corrected chi connectivity index (χ2v) is 7.86. The number of rotatable bonds is 7. The maximum absolute atomic E-state index is 12.0. The van der Waals surface area contributed by atoms with Crippen LogP contribution in [0, 0.1) is 6.92 Å². The first-order valence-corrected chi connectivity index (χ1v) is 10.3. The normalized spacial score (nSPS) is 10.9. The molecule has 0 bridgehead atoms. The van der Waals surface area contributed by atoms with Crippen LogP contribution in [0.25, 0.3) is 5.69 Å². The van der Waals surface area contributed by atoms with Crippen molar-refractivity contribution >= 4 is 44.0 Å². The summed E-state index contributed by atoms with van der Waals surface area (Å²) in [6, 6.07) is 17.1. The van der Waals surface area contributed by atoms with Crippen molar-refractivity contribution in [3.8, 4) is 17.2 Å². The van der Waals surface area contributed by atoms with Crippen LogP contribution in [0.5, 0.6) is 11.5 Å². The van der Waals surface area contributed by atoms with E-state index in [1.165, 1.54) is 0 Å². The molecule has 3 aromatic rings. The lowest BCUT2D eigenvalue weighted by Gasteiger charge is -2.10. The van der Waals surface area contributed by atoms with Gasteiger partial charge in [0.05, 0.1) is 23.5 Å². The molecule has 0 radical (unpaired) electrons. The summed E-state index contributed by atoms with van der Waals surface area (Å²) in [4.78, 5) is 12.0. The summed E-state index contributed by atoms with van der Waals surface area (Å²) in [7, 11) is 1.63. The van der Waals surface area contributed by atoms with Crippen molar-refractivity contribution in [2.24, 2.45) is 5.10 Å². The van der Waals surface area contributed by atoms with Crippen LogP contribution in [0.15, 0.2) is 68.6 Å². The van der Waals surface area contributed by atoms with Gasteiger partial charge in [-0.1, -0.05) is 15.9 Å². The molecular weight excluding hydrogens is 502 g/mol. The Kier molecular flexibility index (Phi) is 7.11.